The van der Waals surface area contributed by atoms with Gasteiger partial charge in [-0.3, -0.25) is 20.5 Å². The van der Waals surface area contributed by atoms with Gasteiger partial charge in [-0.1, -0.05) is 22.6 Å². The monoisotopic (exact) mass is 451 g/mol. The molecule has 22 heavy (non-hydrogen) atoms. The van der Waals surface area contributed by atoms with E-state index in [4.69, 9.17) is 19.6 Å². The summed E-state index contributed by atoms with van der Waals surface area (Å²) in [6.45, 7) is 1.64. The summed E-state index contributed by atoms with van der Waals surface area (Å²) in [5.74, 6) is -0.332. The van der Waals surface area contributed by atoms with E-state index in [1.165, 1.54) is 4.90 Å². The van der Waals surface area contributed by atoms with Crippen molar-refractivity contribution in [3.63, 3.8) is 0 Å². The van der Waals surface area contributed by atoms with Gasteiger partial charge in [-0.15, -0.1) is 0 Å². The maximum absolute atomic E-state index is 11.7. The predicted octanol–water partition coefficient (Wildman–Crippen LogP) is -1.64. The Hall–Kier alpha value is -0.140. The molecule has 12 heteroatoms. The normalized spacial score (nSPS) is 35.3. The fourth-order valence-corrected chi connectivity index (χ4v) is 2.57. The smallest absolute Gasteiger partial charge is 0.326 e. The molecule has 0 saturated carbocycles. The number of urea groups is 1. The van der Waals surface area contributed by atoms with E-state index >= 15 is 0 Å². The third-order valence-electron chi connectivity index (χ3n) is 3.15. The average molecular weight is 451 g/mol. The molecule has 10 nitrogen and oxygen atoms in total. The number of hydrogen-bond donors (Lipinski definition) is 6. The largest absolute Gasteiger partial charge is 0.394 e. The Morgan fingerprint density at radius 2 is 2.09 bits per heavy atom. The summed E-state index contributed by atoms with van der Waals surface area (Å²) in [5, 5.41) is 20.9. The second-order valence-electron chi connectivity index (χ2n) is 5.02. The minimum absolute atomic E-state index is 0.216. The van der Waals surface area contributed by atoms with Crippen LogP contribution in [0.4, 0.5) is 4.79 Å². The quantitative estimate of drug-likeness (QED) is 0.165. The molecule has 2 rings (SSSR count). The SMILES string of the molecule is CC1(I)CN([C@H]2C[C@H](O)[C@@H](CO)O2)C(=O)NC1=O.NP(O)O. The van der Waals surface area contributed by atoms with E-state index in [1.54, 1.807) is 6.92 Å². The van der Waals surface area contributed by atoms with Crippen molar-refractivity contribution in [3.05, 3.63) is 0 Å². The first-order valence-corrected chi connectivity index (χ1v) is 8.66. The third-order valence-corrected chi connectivity index (χ3v) is 3.98. The zero-order chi connectivity index (χ0) is 17.1. The topological polar surface area (TPSA) is 166 Å². The van der Waals surface area contributed by atoms with Gasteiger partial charge in [0.2, 0.25) is 14.4 Å². The summed E-state index contributed by atoms with van der Waals surface area (Å²) >= 11 is 1.98. The summed E-state index contributed by atoms with van der Waals surface area (Å²) in [5.41, 5.74) is 4.29. The molecule has 0 bridgehead atoms. The lowest BCUT2D eigenvalue weighted by molar-refractivity contribution is -0.126. The van der Waals surface area contributed by atoms with E-state index in [-0.39, 0.29) is 25.5 Å². The van der Waals surface area contributed by atoms with Crippen LogP contribution in [-0.4, -0.2) is 71.8 Å². The summed E-state index contributed by atoms with van der Waals surface area (Å²) < 4.78 is 4.69. The van der Waals surface area contributed by atoms with Crippen LogP contribution in [-0.2, 0) is 9.53 Å². The lowest BCUT2D eigenvalue weighted by Crippen LogP contribution is -2.62. The van der Waals surface area contributed by atoms with E-state index in [0.717, 1.165) is 0 Å². The number of nitrogens with two attached hydrogens (primary N) is 1. The molecule has 0 radical (unpaired) electrons. The summed E-state index contributed by atoms with van der Waals surface area (Å²) in [4.78, 5) is 39.6. The van der Waals surface area contributed by atoms with Crippen LogP contribution < -0.4 is 10.8 Å². The van der Waals surface area contributed by atoms with Crippen LogP contribution in [0.25, 0.3) is 0 Å². The van der Waals surface area contributed by atoms with Gasteiger partial charge in [0.1, 0.15) is 15.8 Å². The second kappa shape index (κ2) is 8.11. The van der Waals surface area contributed by atoms with Crippen molar-refractivity contribution in [2.75, 3.05) is 13.2 Å². The molecular formula is C10H19IN3O7P. The molecule has 4 atom stereocenters. The molecule has 2 heterocycles. The predicted molar refractivity (Wildman–Crippen MR) is 84.6 cm³/mol. The lowest BCUT2D eigenvalue weighted by atomic mass is 10.1. The molecule has 2 fully saturated rings. The Bertz CT molecular complexity index is 423. The zero-order valence-electron chi connectivity index (χ0n) is 11.7. The van der Waals surface area contributed by atoms with E-state index < -0.39 is 36.4 Å². The molecule has 1 unspecified atom stereocenters. The standard InChI is InChI=1S/C10H15IN2O5.H4NO2P/c1-10(11)4-13(9(17)12-8(10)16)7-2-5(15)6(3-14)18-7;1-4(2)3/h5-7,14-15H,2-4H2,1H3,(H,12,16,17);2-3H,1H2/t5-,6+,7+,10?;/m0./s1. The van der Waals surface area contributed by atoms with Crippen molar-refractivity contribution in [3.8, 4) is 0 Å². The summed E-state index contributed by atoms with van der Waals surface area (Å²) in [6.07, 6.45) is -1.86. The first-order chi connectivity index (χ1) is 10.1. The number of nitrogens with one attached hydrogen (secondary N) is 1. The van der Waals surface area contributed by atoms with E-state index in [1.807, 2.05) is 22.6 Å². The minimum atomic E-state index is -2.12. The highest BCUT2D eigenvalue weighted by Gasteiger charge is 2.46. The van der Waals surface area contributed by atoms with Gasteiger partial charge < -0.3 is 24.7 Å². The van der Waals surface area contributed by atoms with Crippen molar-refractivity contribution in [2.45, 2.75) is 35.2 Å². The fraction of sp³-hybridized carbons (Fsp3) is 0.800. The molecule has 0 aromatic rings. The van der Waals surface area contributed by atoms with Gasteiger partial charge in [0, 0.05) is 13.0 Å². The van der Waals surface area contributed by atoms with Crippen LogP contribution in [0, 0.1) is 0 Å². The van der Waals surface area contributed by atoms with Gasteiger partial charge in [-0.05, 0) is 6.92 Å². The number of rotatable bonds is 2. The number of carbonyl (C=O) groups excluding carboxylic acids is 2. The van der Waals surface area contributed by atoms with E-state index in [0.29, 0.717) is 0 Å². The molecule has 7 N–H and O–H groups in total. The highest BCUT2D eigenvalue weighted by atomic mass is 127. The van der Waals surface area contributed by atoms with Gasteiger partial charge in [0.05, 0.1) is 12.7 Å². The Kier molecular flexibility index (Phi) is 7.33. The Balaban J connectivity index is 0.000000541. The fourth-order valence-electron chi connectivity index (χ4n) is 2.07. The van der Waals surface area contributed by atoms with Crippen molar-refractivity contribution in [1.82, 2.24) is 10.2 Å². The molecular weight excluding hydrogens is 432 g/mol. The number of aliphatic hydroxyl groups is 2. The molecule has 2 aliphatic heterocycles. The molecule has 0 spiro atoms. The van der Waals surface area contributed by atoms with Crippen LogP contribution in [0.3, 0.4) is 0 Å². The maximum atomic E-state index is 11.7. The Labute approximate surface area is 141 Å². The maximum Gasteiger partial charge on any atom is 0.326 e. The number of carbonyl (C=O) groups is 2. The molecule has 3 amide bonds. The highest BCUT2D eigenvalue weighted by Crippen LogP contribution is 2.29. The number of halogens is 1. The summed E-state index contributed by atoms with van der Waals surface area (Å²) in [6, 6.07) is -0.523. The lowest BCUT2D eigenvalue weighted by Gasteiger charge is -2.38. The van der Waals surface area contributed by atoms with Crippen molar-refractivity contribution in [2.24, 2.45) is 5.50 Å². The second-order valence-corrected chi connectivity index (χ2v) is 8.04. The molecule has 2 saturated heterocycles. The number of hydrogen-bond acceptors (Lipinski definition) is 8. The van der Waals surface area contributed by atoms with Crippen LogP contribution >= 0.6 is 31.1 Å². The number of ether oxygens (including phenoxy) is 1. The highest BCUT2D eigenvalue weighted by molar-refractivity contribution is 14.1. The van der Waals surface area contributed by atoms with Crippen molar-refractivity contribution < 1.29 is 34.3 Å². The van der Waals surface area contributed by atoms with Crippen LogP contribution in [0.2, 0.25) is 0 Å². The van der Waals surface area contributed by atoms with Crippen LogP contribution in [0.1, 0.15) is 13.3 Å². The molecule has 0 aliphatic carbocycles. The summed E-state index contributed by atoms with van der Waals surface area (Å²) in [7, 11) is -2.12. The van der Waals surface area contributed by atoms with Crippen molar-refractivity contribution in [1.29, 1.82) is 0 Å². The van der Waals surface area contributed by atoms with Gasteiger partial charge in [0.15, 0.2) is 0 Å². The molecule has 0 aromatic carbocycles. The Morgan fingerprint density at radius 1 is 1.55 bits per heavy atom. The number of amides is 3. The zero-order valence-corrected chi connectivity index (χ0v) is 14.8. The van der Waals surface area contributed by atoms with Crippen LogP contribution in [0.15, 0.2) is 0 Å². The number of nitrogens with zero attached hydrogens (tertiary/aromatic N) is 1. The molecule has 128 valence electrons. The van der Waals surface area contributed by atoms with E-state index in [2.05, 4.69) is 10.8 Å². The van der Waals surface area contributed by atoms with Gasteiger partial charge in [0.25, 0.3) is 0 Å². The number of aliphatic hydroxyl groups excluding tert-OH is 2. The average Bonchev–Trinajstić information content (AvgIpc) is 2.74. The number of alkyl halides is 1. The minimum Gasteiger partial charge on any atom is -0.394 e. The van der Waals surface area contributed by atoms with Gasteiger partial charge >= 0.3 is 6.03 Å². The first-order valence-electron chi connectivity index (χ1n) is 6.26. The van der Waals surface area contributed by atoms with Gasteiger partial charge in [-0.2, -0.15) is 0 Å². The molecule has 0 aromatic heterocycles. The van der Waals surface area contributed by atoms with Crippen molar-refractivity contribution >= 4 is 43.1 Å². The number of imide groups is 1. The van der Waals surface area contributed by atoms with E-state index in [9.17, 15) is 14.7 Å². The third kappa shape index (κ3) is 5.20. The first kappa shape index (κ1) is 19.9. The van der Waals surface area contributed by atoms with Gasteiger partial charge in [-0.25, -0.2) is 4.79 Å². The Morgan fingerprint density at radius 3 is 2.55 bits per heavy atom. The molecule has 2 aliphatic rings. The van der Waals surface area contributed by atoms with Crippen LogP contribution in [0.5, 0.6) is 0 Å².